The van der Waals surface area contributed by atoms with E-state index < -0.39 is 40.8 Å². The highest BCUT2D eigenvalue weighted by atomic mass is 79.9. The van der Waals surface area contributed by atoms with E-state index in [-0.39, 0.29) is 28.1 Å². The van der Waals surface area contributed by atoms with Crippen molar-refractivity contribution in [2.75, 3.05) is 6.61 Å². The van der Waals surface area contributed by atoms with Gasteiger partial charge in [-0.25, -0.2) is 14.2 Å². The van der Waals surface area contributed by atoms with E-state index >= 15 is 0 Å². The summed E-state index contributed by atoms with van der Waals surface area (Å²) < 4.78 is 69.1. The van der Waals surface area contributed by atoms with Crippen molar-refractivity contribution in [3.05, 3.63) is 130 Å². The number of rotatable bonds is 7. The summed E-state index contributed by atoms with van der Waals surface area (Å²) in [6.07, 6.45) is -3.51. The fraction of sp³-hybridized carbons (Fsp3) is 0.167. The van der Waals surface area contributed by atoms with Crippen molar-refractivity contribution in [3.63, 3.8) is 0 Å². The van der Waals surface area contributed by atoms with Crippen LogP contribution in [0.15, 0.2) is 92.3 Å². The molecule has 0 amide bonds. The van der Waals surface area contributed by atoms with Gasteiger partial charge in [-0.1, -0.05) is 59.3 Å². The Balaban J connectivity index is 1.60. The van der Waals surface area contributed by atoms with Crippen LogP contribution in [0.2, 0.25) is 5.02 Å². The Labute approximate surface area is 259 Å². The third-order valence-corrected chi connectivity index (χ3v) is 8.23. The smallest absolute Gasteiger partial charge is 0.434 e. The first-order valence-electron chi connectivity index (χ1n) is 12.7. The van der Waals surface area contributed by atoms with Gasteiger partial charge >= 0.3 is 12.1 Å². The Morgan fingerprint density at radius 3 is 2.51 bits per heavy atom. The minimum atomic E-state index is -5.01. The quantitative estimate of drug-likeness (QED) is 0.164. The average molecular weight is 696 g/mol. The first-order chi connectivity index (χ1) is 20.5. The van der Waals surface area contributed by atoms with Crippen LogP contribution in [0.25, 0.3) is 6.08 Å². The lowest BCUT2D eigenvalue weighted by Gasteiger charge is -2.26. The van der Waals surface area contributed by atoms with E-state index in [0.29, 0.717) is 26.4 Å². The number of esters is 1. The van der Waals surface area contributed by atoms with Gasteiger partial charge in [-0.15, -0.1) is 0 Å². The highest BCUT2D eigenvalue weighted by Crippen LogP contribution is 2.38. The average Bonchev–Trinajstić information content (AvgIpc) is 3.27. The Kier molecular flexibility index (Phi) is 8.91. The molecule has 0 saturated carbocycles. The summed E-state index contributed by atoms with van der Waals surface area (Å²) in [7, 11) is 0. The van der Waals surface area contributed by atoms with E-state index in [1.807, 2.05) is 0 Å². The molecule has 4 aromatic rings. The van der Waals surface area contributed by atoms with Crippen molar-refractivity contribution in [2.24, 2.45) is 4.99 Å². The van der Waals surface area contributed by atoms with Crippen LogP contribution in [-0.2, 0) is 16.1 Å². The normalized spacial score (nSPS) is 15.2. The zero-order chi connectivity index (χ0) is 30.9. The molecule has 0 N–H and O–H groups in total. The number of alkyl halides is 3. The van der Waals surface area contributed by atoms with Crippen molar-refractivity contribution in [2.45, 2.75) is 25.7 Å². The molecule has 43 heavy (non-hydrogen) atoms. The highest BCUT2D eigenvalue weighted by molar-refractivity contribution is 9.10. The lowest BCUT2D eigenvalue weighted by atomic mass is 9.95. The van der Waals surface area contributed by atoms with Gasteiger partial charge in [-0.05, 0) is 70.4 Å². The fourth-order valence-electron chi connectivity index (χ4n) is 4.45. The molecular formula is C30H20BrClF4N2O4S. The fourth-order valence-corrected chi connectivity index (χ4v) is 6.09. The van der Waals surface area contributed by atoms with E-state index in [2.05, 4.69) is 20.9 Å². The van der Waals surface area contributed by atoms with Crippen LogP contribution in [0, 0.1) is 5.82 Å². The van der Waals surface area contributed by atoms with Gasteiger partial charge in [-0.2, -0.15) is 13.2 Å². The van der Waals surface area contributed by atoms with E-state index in [0.717, 1.165) is 15.9 Å². The predicted octanol–water partition coefficient (Wildman–Crippen LogP) is 6.47. The number of ether oxygens (including phenoxy) is 2. The second-order valence-corrected chi connectivity index (χ2v) is 11.5. The number of allylic oxidation sites excluding steroid dienone is 1. The van der Waals surface area contributed by atoms with Gasteiger partial charge in [-0.3, -0.25) is 9.36 Å². The molecule has 3 aromatic carbocycles. The molecule has 222 valence electrons. The molecule has 0 radical (unpaired) electrons. The topological polar surface area (TPSA) is 69.9 Å². The van der Waals surface area contributed by atoms with Gasteiger partial charge < -0.3 is 9.47 Å². The van der Waals surface area contributed by atoms with Crippen LogP contribution >= 0.6 is 38.9 Å². The number of halogens is 6. The Hall–Kier alpha value is -3.74. The summed E-state index contributed by atoms with van der Waals surface area (Å²) in [5.41, 5.74) is -1.76. The van der Waals surface area contributed by atoms with Gasteiger partial charge in [0.05, 0.1) is 27.2 Å². The molecule has 1 aliphatic heterocycles. The zero-order valence-corrected chi connectivity index (χ0v) is 25.3. The van der Waals surface area contributed by atoms with Crippen molar-refractivity contribution in [1.29, 1.82) is 0 Å². The van der Waals surface area contributed by atoms with Gasteiger partial charge in [0.1, 0.15) is 18.2 Å². The van der Waals surface area contributed by atoms with Crippen molar-refractivity contribution >= 4 is 50.9 Å². The lowest BCUT2D eigenvalue weighted by molar-refractivity contribution is -0.140. The van der Waals surface area contributed by atoms with Crippen LogP contribution < -0.4 is 19.6 Å². The molecule has 0 unspecified atom stereocenters. The Bertz CT molecular complexity index is 1920. The molecular weight excluding hydrogens is 676 g/mol. The molecule has 1 atom stereocenters. The van der Waals surface area contributed by atoms with E-state index in [1.54, 1.807) is 36.4 Å². The number of hydrogen-bond acceptors (Lipinski definition) is 6. The molecule has 1 aliphatic rings. The first-order valence-corrected chi connectivity index (χ1v) is 14.7. The van der Waals surface area contributed by atoms with Crippen LogP contribution in [0.5, 0.6) is 5.75 Å². The first kappa shape index (κ1) is 30.7. The molecule has 0 bridgehead atoms. The van der Waals surface area contributed by atoms with Crippen molar-refractivity contribution in [3.8, 4) is 5.75 Å². The summed E-state index contributed by atoms with van der Waals surface area (Å²) in [6, 6.07) is 15.4. The van der Waals surface area contributed by atoms with Crippen LogP contribution in [0.4, 0.5) is 17.6 Å². The molecule has 13 heteroatoms. The third kappa shape index (κ3) is 6.46. The summed E-state index contributed by atoms with van der Waals surface area (Å²) in [5, 5.41) is 0.320. The molecule has 2 heterocycles. The molecule has 0 saturated heterocycles. The largest absolute Gasteiger partial charge is 0.488 e. The summed E-state index contributed by atoms with van der Waals surface area (Å²) in [4.78, 5) is 30.2. The van der Waals surface area contributed by atoms with Crippen molar-refractivity contribution in [1.82, 2.24) is 4.57 Å². The van der Waals surface area contributed by atoms with Crippen LogP contribution in [0.3, 0.4) is 0 Å². The number of hydrogen-bond donors (Lipinski definition) is 0. The number of nitrogens with zero attached hydrogens (tertiary/aromatic N) is 2. The van der Waals surface area contributed by atoms with E-state index in [9.17, 15) is 27.2 Å². The van der Waals surface area contributed by atoms with Crippen molar-refractivity contribution < 1.29 is 31.8 Å². The number of carbonyl (C=O) groups excluding carboxylic acids is 1. The number of thiazole rings is 1. The second-order valence-electron chi connectivity index (χ2n) is 9.18. The van der Waals surface area contributed by atoms with Crippen LogP contribution in [0.1, 0.15) is 29.7 Å². The maximum atomic E-state index is 14.3. The SMILES string of the molecule is CCOC(=O)C1=C(C(F)(F)F)N=c2s/c(=C\c3ccc(OCc4ccccc4F)c(Br)c3)c(=O)n2[C@H]1c1ccc(Cl)cc1. The molecule has 6 nitrogen and oxygen atoms in total. The standard InChI is InChI=1S/C30H20BrClF4N2O4S/c1-2-41-28(40)24-25(17-8-10-19(32)11-9-17)38-27(39)23(43-29(38)37-26(24)30(34,35)36)14-16-7-12-22(20(31)13-16)42-15-18-5-3-4-6-21(18)33/h3-14,25H,2,15H2,1H3/b23-14-/t25-/m0/s1. The van der Waals surface area contributed by atoms with Gasteiger partial charge in [0.25, 0.3) is 5.56 Å². The molecule has 5 rings (SSSR count). The summed E-state index contributed by atoms with van der Waals surface area (Å²) in [5.74, 6) is -1.22. The van der Waals surface area contributed by atoms with E-state index in [4.69, 9.17) is 21.1 Å². The minimum Gasteiger partial charge on any atom is -0.488 e. The maximum Gasteiger partial charge on any atom is 0.434 e. The number of benzene rings is 3. The van der Waals surface area contributed by atoms with E-state index in [1.165, 1.54) is 43.3 Å². The monoisotopic (exact) mass is 694 g/mol. The number of fused-ring (bicyclic) bond motifs is 1. The molecule has 1 aromatic heterocycles. The number of carbonyl (C=O) groups is 1. The molecule has 0 fully saturated rings. The zero-order valence-electron chi connectivity index (χ0n) is 22.1. The lowest BCUT2D eigenvalue weighted by Crippen LogP contribution is -2.41. The predicted molar refractivity (Wildman–Crippen MR) is 157 cm³/mol. The number of aromatic nitrogens is 1. The summed E-state index contributed by atoms with van der Waals surface area (Å²) in [6.45, 7) is 1.27. The summed E-state index contributed by atoms with van der Waals surface area (Å²) >= 11 is 10.2. The van der Waals surface area contributed by atoms with Gasteiger partial charge in [0.15, 0.2) is 10.5 Å². The minimum absolute atomic E-state index is 0.0156. The third-order valence-electron chi connectivity index (χ3n) is 6.38. The molecule has 0 aliphatic carbocycles. The van der Waals surface area contributed by atoms with Gasteiger partial charge in [0, 0.05) is 10.6 Å². The maximum absolute atomic E-state index is 14.3. The van der Waals surface area contributed by atoms with Crippen LogP contribution in [-0.4, -0.2) is 23.3 Å². The van der Waals surface area contributed by atoms with Gasteiger partial charge in [0.2, 0.25) is 0 Å². The Morgan fingerprint density at radius 1 is 1.14 bits per heavy atom. The highest BCUT2D eigenvalue weighted by Gasteiger charge is 2.45. The second kappa shape index (κ2) is 12.5. The Morgan fingerprint density at radius 2 is 1.86 bits per heavy atom. The molecule has 0 spiro atoms.